The average Bonchev–Trinajstić information content (AvgIpc) is 3.13. The summed E-state index contributed by atoms with van der Waals surface area (Å²) in [6.45, 7) is 36.3. The second kappa shape index (κ2) is 32.7. The molecule has 352 valence electrons. The molecule has 0 atom stereocenters. The first-order valence-electron chi connectivity index (χ1n) is 24.3. The molecule has 5 fully saturated rings. The average molecular weight is 835 g/mol. The first-order chi connectivity index (χ1) is 27.8. The van der Waals surface area contributed by atoms with Gasteiger partial charge in [-0.25, -0.2) is 0 Å². The lowest BCUT2D eigenvalue weighted by Crippen LogP contribution is -2.53. The van der Waals surface area contributed by atoms with E-state index in [0.29, 0.717) is 32.5 Å². The Morgan fingerprint density at radius 2 is 0.864 bits per heavy atom. The maximum Gasteiger partial charge on any atom is 0.0637 e. The molecule has 1 aromatic carbocycles. The summed E-state index contributed by atoms with van der Waals surface area (Å²) in [6, 6.07) is 8.45. The zero-order chi connectivity index (χ0) is 45.7. The van der Waals surface area contributed by atoms with Crippen LogP contribution in [0.15, 0.2) is 24.3 Å². The highest BCUT2D eigenvalue weighted by atomic mass is 16.5. The van der Waals surface area contributed by atoms with Crippen molar-refractivity contribution in [3.8, 4) is 0 Å². The third-order valence-corrected chi connectivity index (χ3v) is 13.3. The molecule has 1 aromatic rings. The fourth-order valence-corrected chi connectivity index (χ4v) is 12.1. The molecule has 0 radical (unpaired) electrons. The second-order valence-electron chi connectivity index (χ2n) is 20.6. The first-order valence-corrected chi connectivity index (χ1v) is 24.3. The van der Waals surface area contributed by atoms with Crippen molar-refractivity contribution in [3.05, 3.63) is 35.4 Å². The van der Waals surface area contributed by atoms with Crippen LogP contribution in [0.2, 0.25) is 0 Å². The molecule has 5 nitrogen and oxygen atoms in total. The van der Waals surface area contributed by atoms with Gasteiger partial charge in [0, 0.05) is 35.5 Å². The molecular formula is C54H106O5. The molecule has 5 aliphatic carbocycles. The third kappa shape index (κ3) is 25.7. The van der Waals surface area contributed by atoms with Gasteiger partial charge in [0.05, 0.1) is 37.9 Å². The van der Waals surface area contributed by atoms with E-state index in [1.165, 1.54) is 88.2 Å². The van der Waals surface area contributed by atoms with Crippen molar-refractivity contribution in [2.24, 2.45) is 51.2 Å². The lowest BCUT2D eigenvalue weighted by molar-refractivity contribution is -0.136. The van der Waals surface area contributed by atoms with E-state index in [0.717, 1.165) is 58.7 Å². The van der Waals surface area contributed by atoms with E-state index in [2.05, 4.69) is 114 Å². The van der Waals surface area contributed by atoms with Crippen LogP contribution in [0.3, 0.4) is 0 Å². The smallest absolute Gasteiger partial charge is 0.0637 e. The Balaban J connectivity index is 0. The highest BCUT2D eigenvalue weighted by molar-refractivity contribution is 5.20. The van der Waals surface area contributed by atoms with Gasteiger partial charge >= 0.3 is 0 Å². The normalized spacial score (nSPS) is 27.5. The Kier molecular flexibility index (Phi) is 33.3. The Morgan fingerprint density at radius 3 is 1.02 bits per heavy atom. The van der Waals surface area contributed by atoms with E-state index in [9.17, 15) is 0 Å². The Hall–Kier alpha value is -0.980. The summed E-state index contributed by atoms with van der Waals surface area (Å²) in [6.07, 6.45) is 20.4. The minimum absolute atomic E-state index is 0.188. The van der Waals surface area contributed by atoms with E-state index in [1.807, 2.05) is 13.8 Å². The minimum Gasteiger partial charge on any atom is -0.384 e. The fraction of sp³-hybridized carbons (Fsp3) is 0.889. The molecule has 5 heteroatoms. The van der Waals surface area contributed by atoms with Gasteiger partial charge in [0.1, 0.15) is 0 Å². The Labute approximate surface area is 371 Å². The molecular weight excluding hydrogens is 729 g/mol. The van der Waals surface area contributed by atoms with Gasteiger partial charge in [-0.3, -0.25) is 0 Å². The van der Waals surface area contributed by atoms with Gasteiger partial charge in [-0.1, -0.05) is 145 Å². The topological polar surface area (TPSA) is 46.2 Å². The van der Waals surface area contributed by atoms with Gasteiger partial charge in [-0.05, 0) is 130 Å². The maximum absolute atomic E-state index is 5.12. The number of rotatable bonds is 14. The molecule has 0 heterocycles. The number of methoxy groups -OCH3 is 5. The van der Waals surface area contributed by atoms with Crippen LogP contribution in [-0.2, 0) is 23.7 Å². The fourth-order valence-electron chi connectivity index (χ4n) is 12.1. The van der Waals surface area contributed by atoms with Gasteiger partial charge in [0.25, 0.3) is 0 Å². The molecule has 6 rings (SSSR count). The molecule has 5 aliphatic rings. The van der Waals surface area contributed by atoms with Gasteiger partial charge in [0.2, 0.25) is 0 Å². The predicted molar refractivity (Wildman–Crippen MR) is 260 cm³/mol. The SMILES string of the molecule is CC.CC12CC3CC(C)(C1)CC(C)(C3)C2.CC1CC(C)CC(C)C1.CCC(CC)CC.CCC(CC)OC.COCC(COC)(COC)COC.Cc1cccc(C)c1. The molecule has 0 aromatic heterocycles. The molecule has 0 N–H and O–H groups in total. The van der Waals surface area contributed by atoms with Gasteiger partial charge in [-0.2, -0.15) is 0 Å². The lowest BCUT2D eigenvalue weighted by Gasteiger charge is -2.64. The molecule has 0 aliphatic heterocycles. The molecule has 59 heavy (non-hydrogen) atoms. The van der Waals surface area contributed by atoms with Crippen LogP contribution in [0.5, 0.6) is 0 Å². The molecule has 5 saturated carbocycles. The summed E-state index contributed by atoms with van der Waals surface area (Å²) in [5, 5.41) is 0. The van der Waals surface area contributed by atoms with Crippen LogP contribution in [0, 0.1) is 65.1 Å². The van der Waals surface area contributed by atoms with Crippen molar-refractivity contribution in [3.63, 3.8) is 0 Å². The summed E-state index contributed by atoms with van der Waals surface area (Å²) in [4.78, 5) is 0. The van der Waals surface area contributed by atoms with Crippen LogP contribution in [0.25, 0.3) is 0 Å². The lowest BCUT2D eigenvalue weighted by atomic mass is 9.41. The highest BCUT2D eigenvalue weighted by Crippen LogP contribution is 2.69. The first kappa shape index (κ1) is 60.1. The maximum atomic E-state index is 5.12. The van der Waals surface area contributed by atoms with Gasteiger partial charge in [0.15, 0.2) is 0 Å². The largest absolute Gasteiger partial charge is 0.384 e. The van der Waals surface area contributed by atoms with E-state index in [-0.39, 0.29) is 5.41 Å². The van der Waals surface area contributed by atoms with Crippen LogP contribution >= 0.6 is 0 Å². The minimum atomic E-state index is -0.188. The predicted octanol–water partition coefficient (Wildman–Crippen LogP) is 15.6. The van der Waals surface area contributed by atoms with Crippen molar-refractivity contribution in [2.75, 3.05) is 62.0 Å². The Morgan fingerprint density at radius 1 is 0.559 bits per heavy atom. The summed E-state index contributed by atoms with van der Waals surface area (Å²) >= 11 is 0. The van der Waals surface area contributed by atoms with Crippen LogP contribution < -0.4 is 0 Å². The third-order valence-electron chi connectivity index (χ3n) is 13.3. The van der Waals surface area contributed by atoms with Crippen molar-refractivity contribution >= 4 is 0 Å². The quantitative estimate of drug-likeness (QED) is 0.187. The van der Waals surface area contributed by atoms with Crippen molar-refractivity contribution in [2.45, 2.75) is 200 Å². The van der Waals surface area contributed by atoms with Crippen LogP contribution in [0.4, 0.5) is 0 Å². The molecule has 0 saturated heterocycles. The molecule has 4 bridgehead atoms. The van der Waals surface area contributed by atoms with Crippen LogP contribution in [-0.4, -0.2) is 68.1 Å². The zero-order valence-electron chi connectivity index (χ0n) is 43.5. The number of ether oxygens (including phenoxy) is 5. The Bertz CT molecular complexity index is 966. The van der Waals surface area contributed by atoms with Crippen molar-refractivity contribution in [1.82, 2.24) is 0 Å². The highest BCUT2D eigenvalue weighted by Gasteiger charge is 2.58. The summed E-state index contributed by atoms with van der Waals surface area (Å²) in [5.74, 6) is 5.03. The van der Waals surface area contributed by atoms with E-state index in [1.54, 1.807) is 35.5 Å². The van der Waals surface area contributed by atoms with Crippen molar-refractivity contribution in [1.29, 1.82) is 0 Å². The molecule has 0 unspecified atom stereocenters. The number of hydrogen-bond acceptors (Lipinski definition) is 5. The summed E-state index contributed by atoms with van der Waals surface area (Å²) < 4.78 is 25.5. The summed E-state index contributed by atoms with van der Waals surface area (Å²) in [7, 11) is 8.41. The van der Waals surface area contributed by atoms with Gasteiger partial charge < -0.3 is 23.7 Å². The van der Waals surface area contributed by atoms with E-state index >= 15 is 0 Å². The zero-order valence-corrected chi connectivity index (χ0v) is 43.5. The standard InChI is InChI=1S/C13H22.C9H20O4.C9H18.C8H10.C7H16.C6H14O.C2H6/c1-11-4-10-5-12(2,7-11)9-13(3,6-10)8-11;1-10-5-9(6-11-2,7-12-3)8-13-4;1-7-4-8(2)6-9(3)5-7;1-7-4-3-5-8(2)6-7;1-4-7(5-2)6-3;1-4-6(5-2)7-3;1-2/h10H,4-9H2,1-3H3;5-8H2,1-4H3;7-9H,4-6H2,1-3H3;3-6H,1-2H3;7H,4-6H2,1-3H3;6H,4-5H2,1-3H3;1-2H3. The van der Waals surface area contributed by atoms with Crippen LogP contribution in [0.1, 0.15) is 191 Å². The number of hydrogen-bond donors (Lipinski definition) is 0. The number of benzene rings is 1. The van der Waals surface area contributed by atoms with Gasteiger partial charge in [-0.15, -0.1) is 0 Å². The number of aryl methyl sites for hydroxylation is 2. The van der Waals surface area contributed by atoms with E-state index < -0.39 is 0 Å². The molecule has 0 spiro atoms. The van der Waals surface area contributed by atoms with Crippen molar-refractivity contribution < 1.29 is 23.7 Å². The molecule has 0 amide bonds. The second-order valence-corrected chi connectivity index (χ2v) is 20.6. The summed E-state index contributed by atoms with van der Waals surface area (Å²) in [5.41, 5.74) is 4.66. The van der Waals surface area contributed by atoms with E-state index in [4.69, 9.17) is 23.7 Å². The monoisotopic (exact) mass is 835 g/mol.